The van der Waals surface area contributed by atoms with E-state index in [1.807, 2.05) is 26.8 Å². The molecule has 0 aromatic carbocycles. The summed E-state index contributed by atoms with van der Waals surface area (Å²) >= 11 is 0. The Hall–Kier alpha value is -2.29. The van der Waals surface area contributed by atoms with Crippen LogP contribution in [0.25, 0.3) is 5.65 Å². The van der Waals surface area contributed by atoms with E-state index in [1.54, 1.807) is 16.9 Å². The van der Waals surface area contributed by atoms with Gasteiger partial charge in [0.05, 0.1) is 12.4 Å². The Kier molecular flexibility index (Phi) is 5.23. The average Bonchev–Trinajstić information content (AvgIpc) is 3.43. The highest BCUT2D eigenvalue weighted by molar-refractivity contribution is 5.65. The van der Waals surface area contributed by atoms with E-state index in [0.717, 1.165) is 18.4 Å². The van der Waals surface area contributed by atoms with E-state index in [-0.39, 0.29) is 37.6 Å². The first kappa shape index (κ1) is 21.9. The molecule has 170 valence electrons. The highest BCUT2D eigenvalue weighted by Gasteiger charge is 2.56. The summed E-state index contributed by atoms with van der Waals surface area (Å²) in [7, 11) is 0. The minimum absolute atomic E-state index is 0.0903. The summed E-state index contributed by atoms with van der Waals surface area (Å²) in [6, 6.07) is 1.80. The highest BCUT2D eigenvalue weighted by Crippen LogP contribution is 2.54. The minimum Gasteiger partial charge on any atom is -0.436 e. The number of hydrogen-bond acceptors (Lipinski definition) is 5. The van der Waals surface area contributed by atoms with E-state index in [1.165, 1.54) is 0 Å². The van der Waals surface area contributed by atoms with Gasteiger partial charge in [0.15, 0.2) is 11.2 Å². The molecule has 2 aromatic heterocycles. The van der Waals surface area contributed by atoms with Gasteiger partial charge in [0.1, 0.15) is 5.69 Å². The minimum atomic E-state index is -2.71. The summed E-state index contributed by atoms with van der Waals surface area (Å²) in [4.78, 5) is 16.8. The first-order chi connectivity index (χ1) is 14.4. The Morgan fingerprint density at radius 2 is 1.90 bits per heavy atom. The van der Waals surface area contributed by atoms with Crippen molar-refractivity contribution in [3.63, 3.8) is 0 Å². The predicted octanol–water partition coefficient (Wildman–Crippen LogP) is 4.30. The van der Waals surface area contributed by atoms with Crippen LogP contribution in [-0.2, 0) is 10.3 Å². The number of fused-ring (bicyclic) bond motifs is 1. The van der Waals surface area contributed by atoms with Crippen molar-refractivity contribution in [1.29, 1.82) is 0 Å². The second-order valence-corrected chi connectivity index (χ2v) is 10.1. The number of hydrogen-bond donors (Lipinski definition) is 2. The van der Waals surface area contributed by atoms with Crippen LogP contribution in [0.2, 0.25) is 0 Å². The first-order valence-electron chi connectivity index (χ1n) is 10.9. The Morgan fingerprint density at radius 1 is 1.26 bits per heavy atom. The molecule has 0 bridgehead atoms. The number of ether oxygens (including phenoxy) is 1. The fourth-order valence-corrected chi connectivity index (χ4v) is 5.08. The molecule has 9 heteroatoms. The Morgan fingerprint density at radius 3 is 2.45 bits per heavy atom. The Labute approximate surface area is 180 Å². The molecule has 2 aliphatic rings. The number of aromatic nitrogens is 3. The molecule has 2 aliphatic carbocycles. The molecule has 0 aliphatic heterocycles. The second-order valence-electron chi connectivity index (χ2n) is 10.1. The molecule has 7 nitrogen and oxygen atoms in total. The quantitative estimate of drug-likeness (QED) is 0.728. The normalized spacial score (nSPS) is 22.8. The van der Waals surface area contributed by atoms with Crippen LogP contribution in [0.3, 0.4) is 0 Å². The van der Waals surface area contributed by atoms with Gasteiger partial charge in [-0.3, -0.25) is 0 Å². The maximum Gasteiger partial charge on any atom is 0.405 e. The van der Waals surface area contributed by atoms with E-state index in [0.29, 0.717) is 17.3 Å². The van der Waals surface area contributed by atoms with Crippen molar-refractivity contribution >= 4 is 11.7 Å². The van der Waals surface area contributed by atoms with Gasteiger partial charge in [0.2, 0.25) is 5.92 Å². The van der Waals surface area contributed by atoms with E-state index >= 15 is 0 Å². The topological polar surface area (TPSA) is 109 Å². The number of primary amides is 1. The molecule has 0 saturated heterocycles. The molecule has 2 aromatic rings. The second kappa shape index (κ2) is 7.39. The van der Waals surface area contributed by atoms with Crippen LogP contribution in [0.1, 0.15) is 76.6 Å². The van der Waals surface area contributed by atoms with Crippen LogP contribution in [0.5, 0.6) is 0 Å². The number of carbonyl (C=O) groups is 1. The molecule has 0 unspecified atom stereocenters. The molecular formula is C22H31F2N5O2. The molecule has 2 saturated carbocycles. The summed E-state index contributed by atoms with van der Waals surface area (Å²) in [5, 5.41) is 4.46. The maximum absolute atomic E-state index is 13.9. The smallest absolute Gasteiger partial charge is 0.405 e. The SMILES string of the molecule is CC(C)(C)[C@](OC(N)=O)(c1cn2ncc([C@H](N)C3CC3)cc2n1)C1CCC(F)(F)CC1. The van der Waals surface area contributed by atoms with Crippen molar-refractivity contribution in [2.24, 2.45) is 28.7 Å². The number of carbonyl (C=O) groups excluding carboxylic acids is 1. The van der Waals surface area contributed by atoms with Gasteiger partial charge < -0.3 is 16.2 Å². The Balaban J connectivity index is 1.80. The molecule has 2 fully saturated rings. The lowest BCUT2D eigenvalue weighted by Crippen LogP contribution is -2.52. The number of halogens is 2. The summed E-state index contributed by atoms with van der Waals surface area (Å²) < 4.78 is 35.3. The molecule has 4 N–H and O–H groups in total. The van der Waals surface area contributed by atoms with Crippen molar-refractivity contribution in [3.8, 4) is 0 Å². The van der Waals surface area contributed by atoms with Crippen molar-refractivity contribution in [2.45, 2.75) is 76.9 Å². The van der Waals surface area contributed by atoms with Gasteiger partial charge in [-0.25, -0.2) is 23.1 Å². The van der Waals surface area contributed by atoms with Crippen molar-refractivity contribution in [3.05, 3.63) is 29.7 Å². The van der Waals surface area contributed by atoms with Crippen LogP contribution in [-0.4, -0.2) is 26.6 Å². The van der Waals surface area contributed by atoms with Gasteiger partial charge in [0, 0.05) is 30.2 Å². The third-order valence-electron chi connectivity index (χ3n) is 6.90. The van der Waals surface area contributed by atoms with Crippen molar-refractivity contribution in [2.75, 3.05) is 0 Å². The van der Waals surface area contributed by atoms with Crippen LogP contribution >= 0.6 is 0 Å². The summed E-state index contributed by atoms with van der Waals surface area (Å²) in [5.74, 6) is -2.59. The molecule has 0 radical (unpaired) electrons. The molecule has 1 amide bonds. The molecule has 0 spiro atoms. The van der Waals surface area contributed by atoms with Gasteiger partial charge in [-0.2, -0.15) is 5.10 Å². The number of alkyl halides is 2. The van der Waals surface area contributed by atoms with E-state index in [9.17, 15) is 13.6 Å². The molecule has 2 atom stereocenters. The van der Waals surface area contributed by atoms with E-state index in [2.05, 4.69) is 5.10 Å². The number of imidazole rings is 1. The molecule has 2 heterocycles. The third kappa shape index (κ3) is 4.00. The monoisotopic (exact) mass is 435 g/mol. The fourth-order valence-electron chi connectivity index (χ4n) is 5.08. The number of amides is 1. The standard InChI is InChI=1S/C22H31F2N5O2/c1-20(2,3)22(31-19(26)30,15-6-8-21(23,24)9-7-15)16-12-29-17(28-16)10-14(11-27-29)18(25)13-4-5-13/h10-13,15,18H,4-9,25H2,1-3H3,(H2,26,30)/t18-,22-/m1/s1. The van der Waals surface area contributed by atoms with Crippen LogP contribution in [0.4, 0.5) is 13.6 Å². The predicted molar refractivity (Wildman–Crippen MR) is 111 cm³/mol. The lowest BCUT2D eigenvalue weighted by Gasteiger charge is -2.49. The maximum atomic E-state index is 13.9. The fraction of sp³-hybridized carbons (Fsp3) is 0.682. The zero-order chi connectivity index (χ0) is 22.6. The zero-order valence-corrected chi connectivity index (χ0v) is 18.3. The first-order valence-corrected chi connectivity index (χ1v) is 10.9. The van der Waals surface area contributed by atoms with E-state index < -0.39 is 23.0 Å². The van der Waals surface area contributed by atoms with Crippen molar-refractivity contribution < 1.29 is 18.3 Å². The highest BCUT2D eigenvalue weighted by atomic mass is 19.3. The van der Waals surface area contributed by atoms with Crippen LogP contribution in [0.15, 0.2) is 18.5 Å². The van der Waals surface area contributed by atoms with E-state index in [4.69, 9.17) is 21.2 Å². The van der Waals surface area contributed by atoms with Gasteiger partial charge in [-0.1, -0.05) is 20.8 Å². The number of nitrogens with zero attached hydrogens (tertiary/aromatic N) is 3. The number of nitrogens with two attached hydrogens (primary N) is 2. The van der Waals surface area contributed by atoms with Crippen LogP contribution in [0, 0.1) is 17.3 Å². The third-order valence-corrected chi connectivity index (χ3v) is 6.90. The van der Waals surface area contributed by atoms with Gasteiger partial charge >= 0.3 is 6.09 Å². The lowest BCUT2D eigenvalue weighted by atomic mass is 9.62. The number of rotatable bonds is 5. The van der Waals surface area contributed by atoms with Gasteiger partial charge in [0.25, 0.3) is 0 Å². The summed E-state index contributed by atoms with van der Waals surface area (Å²) in [5.41, 5.74) is 11.9. The largest absolute Gasteiger partial charge is 0.436 e. The summed E-state index contributed by atoms with van der Waals surface area (Å²) in [6.45, 7) is 5.73. The van der Waals surface area contributed by atoms with Crippen molar-refractivity contribution in [1.82, 2.24) is 14.6 Å². The van der Waals surface area contributed by atoms with Gasteiger partial charge in [-0.05, 0) is 43.2 Å². The average molecular weight is 436 g/mol. The van der Waals surface area contributed by atoms with Crippen LogP contribution < -0.4 is 11.5 Å². The summed E-state index contributed by atoms with van der Waals surface area (Å²) in [6.07, 6.45) is 4.60. The zero-order valence-electron chi connectivity index (χ0n) is 18.3. The van der Waals surface area contributed by atoms with Gasteiger partial charge in [-0.15, -0.1) is 0 Å². The molecular weight excluding hydrogens is 404 g/mol. The molecule has 4 rings (SSSR count). The molecule has 31 heavy (non-hydrogen) atoms. The Bertz CT molecular complexity index is 972. The lowest BCUT2D eigenvalue weighted by molar-refractivity contribution is -0.149.